The summed E-state index contributed by atoms with van der Waals surface area (Å²) in [6.45, 7) is 0. The largest absolute Gasteiger partial charge is 0.335 e. The summed E-state index contributed by atoms with van der Waals surface area (Å²) < 4.78 is 0. The maximum atomic E-state index is 11.0. The Hall–Kier alpha value is -1.62. The van der Waals surface area contributed by atoms with Crippen molar-refractivity contribution in [2.24, 2.45) is 5.84 Å². The molecule has 1 rings (SSSR count). The van der Waals surface area contributed by atoms with Crippen LogP contribution in [0.5, 0.6) is 0 Å². The van der Waals surface area contributed by atoms with Gasteiger partial charge < -0.3 is 0 Å². The van der Waals surface area contributed by atoms with Crippen LogP contribution >= 0.6 is 0 Å². The van der Waals surface area contributed by atoms with E-state index in [-0.39, 0.29) is 6.03 Å². The molecule has 3 N–H and O–H groups in total. The van der Waals surface area contributed by atoms with Crippen LogP contribution in [0.4, 0.5) is 10.5 Å². The molecule has 2 amide bonds. The Morgan fingerprint density at radius 1 is 1.75 bits per heavy atom. The summed E-state index contributed by atoms with van der Waals surface area (Å²) in [5.41, 5.74) is 2.72. The van der Waals surface area contributed by atoms with E-state index in [2.05, 4.69) is 4.98 Å². The van der Waals surface area contributed by atoms with Crippen molar-refractivity contribution in [2.45, 2.75) is 0 Å². The highest BCUT2D eigenvalue weighted by Crippen LogP contribution is 2.08. The van der Waals surface area contributed by atoms with Crippen LogP contribution in [0.25, 0.3) is 0 Å². The fourth-order valence-corrected chi connectivity index (χ4v) is 0.766. The average molecular weight is 166 g/mol. The third-order valence-corrected chi connectivity index (χ3v) is 1.46. The van der Waals surface area contributed by atoms with Gasteiger partial charge in [-0.05, 0) is 12.1 Å². The van der Waals surface area contributed by atoms with Crippen molar-refractivity contribution >= 4 is 11.7 Å². The first-order valence-corrected chi connectivity index (χ1v) is 3.40. The zero-order valence-corrected chi connectivity index (χ0v) is 6.69. The number of aromatic nitrogens is 1. The number of amides is 2. The van der Waals surface area contributed by atoms with Gasteiger partial charge in [0.2, 0.25) is 0 Å². The lowest BCUT2D eigenvalue weighted by molar-refractivity contribution is 0.247. The summed E-state index contributed by atoms with van der Waals surface area (Å²) in [4.78, 5) is 16.2. The first-order valence-electron chi connectivity index (χ1n) is 3.40. The number of nitrogens with two attached hydrogens (primary N) is 1. The van der Waals surface area contributed by atoms with Gasteiger partial charge in [-0.15, -0.1) is 0 Å². The van der Waals surface area contributed by atoms with Gasteiger partial charge in [0, 0.05) is 13.2 Å². The molecule has 0 aliphatic rings. The van der Waals surface area contributed by atoms with E-state index in [9.17, 15) is 4.79 Å². The molecule has 0 saturated carbocycles. The number of hydrogen-bond donors (Lipinski definition) is 2. The first kappa shape index (κ1) is 8.48. The van der Waals surface area contributed by atoms with E-state index in [4.69, 9.17) is 5.84 Å². The zero-order valence-electron chi connectivity index (χ0n) is 6.69. The molecular weight excluding hydrogens is 156 g/mol. The standard InChI is InChI=1S/C7H10N4O/c1-11(7(12)10-8)6-3-2-4-9-5-6/h2-5H,8H2,1H3,(H,10,12). The highest BCUT2D eigenvalue weighted by atomic mass is 16.2. The molecule has 1 heterocycles. The molecule has 64 valence electrons. The normalized spacial score (nSPS) is 9.17. The molecule has 0 aromatic carbocycles. The van der Waals surface area contributed by atoms with Crippen LogP contribution in [0.2, 0.25) is 0 Å². The molecule has 0 aliphatic carbocycles. The Morgan fingerprint density at radius 3 is 3.00 bits per heavy atom. The molecular formula is C7H10N4O. The number of nitrogens with zero attached hydrogens (tertiary/aromatic N) is 2. The van der Waals surface area contributed by atoms with E-state index in [1.54, 1.807) is 31.6 Å². The summed E-state index contributed by atoms with van der Waals surface area (Å²) in [7, 11) is 1.61. The van der Waals surface area contributed by atoms with E-state index in [0.29, 0.717) is 5.69 Å². The molecule has 0 radical (unpaired) electrons. The molecule has 0 atom stereocenters. The number of hydrazine groups is 1. The van der Waals surface area contributed by atoms with Crippen molar-refractivity contribution < 1.29 is 4.79 Å². The molecule has 12 heavy (non-hydrogen) atoms. The molecule has 0 saturated heterocycles. The van der Waals surface area contributed by atoms with Crippen molar-refractivity contribution in [1.82, 2.24) is 10.4 Å². The van der Waals surface area contributed by atoms with Gasteiger partial charge >= 0.3 is 6.03 Å². The number of rotatable bonds is 1. The molecule has 5 heteroatoms. The third kappa shape index (κ3) is 1.70. The Labute approximate surface area is 70.2 Å². The average Bonchev–Trinajstić information content (AvgIpc) is 2.17. The van der Waals surface area contributed by atoms with Gasteiger partial charge in [-0.1, -0.05) is 0 Å². The van der Waals surface area contributed by atoms with Gasteiger partial charge in [0.15, 0.2) is 0 Å². The Kier molecular flexibility index (Phi) is 2.60. The van der Waals surface area contributed by atoms with Gasteiger partial charge in [0.1, 0.15) is 0 Å². The minimum Gasteiger partial charge on any atom is -0.295 e. The minimum absolute atomic E-state index is 0.372. The summed E-state index contributed by atoms with van der Waals surface area (Å²) in [6.07, 6.45) is 3.22. The monoisotopic (exact) mass is 166 g/mol. The molecule has 5 nitrogen and oxygen atoms in total. The number of carbonyl (C=O) groups is 1. The number of nitrogens with one attached hydrogen (secondary N) is 1. The van der Waals surface area contributed by atoms with Gasteiger partial charge in [-0.3, -0.25) is 15.3 Å². The number of carbonyl (C=O) groups excluding carboxylic acids is 1. The van der Waals surface area contributed by atoms with E-state index < -0.39 is 0 Å². The van der Waals surface area contributed by atoms with Crippen LogP contribution in [-0.4, -0.2) is 18.1 Å². The van der Waals surface area contributed by atoms with Crippen LogP contribution in [-0.2, 0) is 0 Å². The predicted molar refractivity (Wildman–Crippen MR) is 45.4 cm³/mol. The summed E-state index contributed by atoms with van der Waals surface area (Å²) >= 11 is 0. The second-order valence-electron chi connectivity index (χ2n) is 2.22. The van der Waals surface area contributed by atoms with Gasteiger partial charge in [-0.25, -0.2) is 10.6 Å². The lowest BCUT2D eigenvalue weighted by atomic mass is 10.4. The first-order chi connectivity index (χ1) is 5.75. The summed E-state index contributed by atoms with van der Waals surface area (Å²) in [6, 6.07) is 3.14. The van der Waals surface area contributed by atoms with Gasteiger partial charge in [0.05, 0.1) is 11.9 Å². The van der Waals surface area contributed by atoms with E-state index in [1.807, 2.05) is 5.43 Å². The third-order valence-electron chi connectivity index (χ3n) is 1.46. The van der Waals surface area contributed by atoms with Crippen LogP contribution in [0.15, 0.2) is 24.5 Å². The molecule has 0 fully saturated rings. The minimum atomic E-state index is -0.372. The maximum Gasteiger partial charge on any atom is 0.335 e. The lowest BCUT2D eigenvalue weighted by Gasteiger charge is -2.14. The smallest absolute Gasteiger partial charge is 0.295 e. The Morgan fingerprint density at radius 2 is 2.50 bits per heavy atom. The molecule has 1 aromatic heterocycles. The van der Waals surface area contributed by atoms with Crippen LogP contribution in [0.1, 0.15) is 0 Å². The van der Waals surface area contributed by atoms with Crippen LogP contribution in [0.3, 0.4) is 0 Å². The number of anilines is 1. The number of pyridine rings is 1. The topological polar surface area (TPSA) is 71.2 Å². The fraction of sp³-hybridized carbons (Fsp3) is 0.143. The zero-order chi connectivity index (χ0) is 8.97. The van der Waals surface area contributed by atoms with Crippen molar-refractivity contribution in [3.05, 3.63) is 24.5 Å². The summed E-state index contributed by atoms with van der Waals surface area (Å²) in [5, 5.41) is 0. The van der Waals surface area contributed by atoms with E-state index >= 15 is 0 Å². The number of urea groups is 1. The van der Waals surface area contributed by atoms with Crippen molar-refractivity contribution in [3.8, 4) is 0 Å². The number of hydrogen-bond acceptors (Lipinski definition) is 3. The maximum absolute atomic E-state index is 11.0. The molecule has 0 spiro atoms. The SMILES string of the molecule is CN(C(=O)NN)c1cccnc1. The molecule has 0 aliphatic heterocycles. The molecule has 0 unspecified atom stereocenters. The van der Waals surface area contributed by atoms with Gasteiger partial charge in [0.25, 0.3) is 0 Å². The van der Waals surface area contributed by atoms with Crippen molar-refractivity contribution in [2.75, 3.05) is 11.9 Å². The highest BCUT2D eigenvalue weighted by Gasteiger charge is 2.07. The predicted octanol–water partition coefficient (Wildman–Crippen LogP) is 0.101. The fourth-order valence-electron chi connectivity index (χ4n) is 0.766. The molecule has 0 bridgehead atoms. The Balaban J connectivity index is 2.78. The van der Waals surface area contributed by atoms with Crippen molar-refractivity contribution in [3.63, 3.8) is 0 Å². The van der Waals surface area contributed by atoms with E-state index in [0.717, 1.165) is 0 Å². The van der Waals surface area contributed by atoms with Crippen LogP contribution < -0.4 is 16.2 Å². The van der Waals surface area contributed by atoms with E-state index in [1.165, 1.54) is 4.90 Å². The van der Waals surface area contributed by atoms with Crippen molar-refractivity contribution in [1.29, 1.82) is 0 Å². The van der Waals surface area contributed by atoms with Crippen LogP contribution in [0, 0.1) is 0 Å². The second-order valence-corrected chi connectivity index (χ2v) is 2.22. The highest BCUT2D eigenvalue weighted by molar-refractivity contribution is 5.90. The molecule has 1 aromatic rings. The van der Waals surface area contributed by atoms with Gasteiger partial charge in [-0.2, -0.15) is 0 Å². The second kappa shape index (κ2) is 3.68. The Bertz CT molecular complexity index is 261. The lowest BCUT2D eigenvalue weighted by Crippen LogP contribution is -2.41. The quantitative estimate of drug-likeness (QED) is 0.353. The summed E-state index contributed by atoms with van der Waals surface area (Å²) in [5.74, 6) is 4.95.